The monoisotopic (exact) mass is 317 g/mol. The quantitative estimate of drug-likeness (QED) is 0.495. The van der Waals surface area contributed by atoms with Crippen LogP contribution in [-0.4, -0.2) is 33.3 Å². The average molecular weight is 318 g/mol. The molecule has 0 heterocycles. The second-order valence-corrected chi connectivity index (χ2v) is 4.54. The number of ether oxygens (including phenoxy) is 1. The van der Waals surface area contributed by atoms with Gasteiger partial charge in [-0.2, -0.15) is 0 Å². The first-order valence-corrected chi connectivity index (χ1v) is 6.33. The Kier molecular flexibility index (Phi) is 6.67. The lowest BCUT2D eigenvalue weighted by atomic mass is 10.2. The SMILES string of the molecule is CN=C(NCCOC)NCc1cc(F)cc(Br)c1. The Labute approximate surface area is 115 Å². The van der Waals surface area contributed by atoms with Crippen molar-refractivity contribution in [3.8, 4) is 0 Å². The van der Waals surface area contributed by atoms with Crippen molar-refractivity contribution in [3.05, 3.63) is 34.1 Å². The smallest absolute Gasteiger partial charge is 0.191 e. The highest BCUT2D eigenvalue weighted by atomic mass is 79.9. The number of hydrogen-bond acceptors (Lipinski definition) is 2. The number of methoxy groups -OCH3 is 1. The molecule has 0 aliphatic carbocycles. The van der Waals surface area contributed by atoms with E-state index in [2.05, 4.69) is 31.6 Å². The molecule has 1 aromatic rings. The summed E-state index contributed by atoms with van der Waals surface area (Å²) >= 11 is 3.26. The molecule has 6 heteroatoms. The van der Waals surface area contributed by atoms with E-state index in [0.717, 1.165) is 10.0 Å². The van der Waals surface area contributed by atoms with Crippen LogP contribution in [0.5, 0.6) is 0 Å². The van der Waals surface area contributed by atoms with Gasteiger partial charge in [-0.25, -0.2) is 4.39 Å². The van der Waals surface area contributed by atoms with Crippen LogP contribution in [0.15, 0.2) is 27.7 Å². The zero-order valence-corrected chi connectivity index (χ0v) is 12.1. The average Bonchev–Trinajstić information content (AvgIpc) is 2.32. The molecule has 2 N–H and O–H groups in total. The van der Waals surface area contributed by atoms with Crippen molar-refractivity contribution in [2.24, 2.45) is 4.99 Å². The second-order valence-electron chi connectivity index (χ2n) is 3.62. The first kappa shape index (κ1) is 14.9. The van der Waals surface area contributed by atoms with Crippen LogP contribution in [0.1, 0.15) is 5.56 Å². The Balaban J connectivity index is 2.47. The van der Waals surface area contributed by atoms with Gasteiger partial charge in [-0.05, 0) is 23.8 Å². The Morgan fingerprint density at radius 3 is 2.78 bits per heavy atom. The summed E-state index contributed by atoms with van der Waals surface area (Å²) in [5.41, 5.74) is 0.844. The van der Waals surface area contributed by atoms with Crippen molar-refractivity contribution < 1.29 is 9.13 Å². The first-order valence-electron chi connectivity index (χ1n) is 5.54. The number of benzene rings is 1. The van der Waals surface area contributed by atoms with Gasteiger partial charge in [-0.15, -0.1) is 0 Å². The molecule has 0 aromatic heterocycles. The van der Waals surface area contributed by atoms with Crippen LogP contribution in [0.3, 0.4) is 0 Å². The van der Waals surface area contributed by atoms with Gasteiger partial charge in [0.05, 0.1) is 6.61 Å². The lowest BCUT2D eigenvalue weighted by molar-refractivity contribution is 0.203. The minimum Gasteiger partial charge on any atom is -0.383 e. The number of halogens is 2. The molecule has 0 radical (unpaired) electrons. The topological polar surface area (TPSA) is 45.7 Å². The van der Waals surface area contributed by atoms with Crippen molar-refractivity contribution >= 4 is 21.9 Å². The van der Waals surface area contributed by atoms with Crippen molar-refractivity contribution in [1.82, 2.24) is 10.6 Å². The van der Waals surface area contributed by atoms with Crippen LogP contribution >= 0.6 is 15.9 Å². The zero-order valence-electron chi connectivity index (χ0n) is 10.5. The molecule has 0 unspecified atom stereocenters. The summed E-state index contributed by atoms with van der Waals surface area (Å²) in [7, 11) is 3.33. The van der Waals surface area contributed by atoms with Gasteiger partial charge in [-0.1, -0.05) is 15.9 Å². The molecule has 0 bridgehead atoms. The molecule has 0 amide bonds. The molecule has 0 aliphatic rings. The Hall–Kier alpha value is -1.14. The molecular formula is C12H17BrFN3O. The highest BCUT2D eigenvalue weighted by Crippen LogP contribution is 2.14. The highest BCUT2D eigenvalue weighted by molar-refractivity contribution is 9.10. The summed E-state index contributed by atoms with van der Waals surface area (Å²) in [5, 5.41) is 6.17. The number of nitrogens with one attached hydrogen (secondary N) is 2. The van der Waals surface area contributed by atoms with Gasteiger partial charge in [0.2, 0.25) is 0 Å². The lowest BCUT2D eigenvalue weighted by Gasteiger charge is -2.11. The Bertz CT molecular complexity index is 392. The number of rotatable bonds is 5. The number of hydrogen-bond donors (Lipinski definition) is 2. The molecule has 100 valence electrons. The zero-order chi connectivity index (χ0) is 13.4. The van der Waals surface area contributed by atoms with Crippen LogP contribution in [0.2, 0.25) is 0 Å². The predicted molar refractivity (Wildman–Crippen MR) is 74.2 cm³/mol. The molecule has 0 spiro atoms. The maximum absolute atomic E-state index is 13.2. The molecule has 0 saturated heterocycles. The van der Waals surface area contributed by atoms with Gasteiger partial charge < -0.3 is 15.4 Å². The fourth-order valence-electron chi connectivity index (χ4n) is 1.39. The van der Waals surface area contributed by atoms with Gasteiger partial charge >= 0.3 is 0 Å². The fraction of sp³-hybridized carbons (Fsp3) is 0.417. The van der Waals surface area contributed by atoms with Crippen LogP contribution in [0.4, 0.5) is 4.39 Å². The first-order chi connectivity index (χ1) is 8.65. The molecule has 0 aliphatic heterocycles. The van der Waals surface area contributed by atoms with Gasteiger partial charge in [0.1, 0.15) is 5.82 Å². The number of aliphatic imine (C=N–C) groups is 1. The van der Waals surface area contributed by atoms with Gasteiger partial charge in [0.15, 0.2) is 5.96 Å². The standard InChI is InChI=1S/C12H17BrFN3O/c1-15-12(16-3-4-18-2)17-8-9-5-10(13)7-11(14)6-9/h5-7H,3-4,8H2,1-2H3,(H2,15,16,17). The van der Waals surface area contributed by atoms with Crippen LogP contribution in [-0.2, 0) is 11.3 Å². The van der Waals surface area contributed by atoms with E-state index in [-0.39, 0.29) is 5.82 Å². The van der Waals surface area contributed by atoms with E-state index < -0.39 is 0 Å². The lowest BCUT2D eigenvalue weighted by Crippen LogP contribution is -2.38. The third-order valence-corrected chi connectivity index (χ3v) is 2.66. The minimum absolute atomic E-state index is 0.261. The van der Waals surface area contributed by atoms with Crippen LogP contribution in [0, 0.1) is 5.82 Å². The van der Waals surface area contributed by atoms with E-state index in [1.165, 1.54) is 12.1 Å². The third-order valence-electron chi connectivity index (χ3n) is 2.20. The molecule has 18 heavy (non-hydrogen) atoms. The molecule has 0 fully saturated rings. The van der Waals surface area contributed by atoms with E-state index in [4.69, 9.17) is 4.74 Å². The van der Waals surface area contributed by atoms with E-state index >= 15 is 0 Å². The summed E-state index contributed by atoms with van der Waals surface area (Å²) in [6.07, 6.45) is 0. The fourth-order valence-corrected chi connectivity index (χ4v) is 1.90. The van der Waals surface area contributed by atoms with Crippen molar-refractivity contribution in [3.63, 3.8) is 0 Å². The normalized spacial score (nSPS) is 11.4. The second kappa shape index (κ2) is 8.05. The molecule has 1 rings (SSSR count). The molecule has 0 saturated carbocycles. The summed E-state index contributed by atoms with van der Waals surface area (Å²) in [5.74, 6) is 0.399. The Morgan fingerprint density at radius 2 is 2.17 bits per heavy atom. The number of nitrogens with zero attached hydrogens (tertiary/aromatic N) is 1. The highest BCUT2D eigenvalue weighted by Gasteiger charge is 2.01. The summed E-state index contributed by atoms with van der Waals surface area (Å²) in [6.45, 7) is 1.78. The maximum atomic E-state index is 13.2. The van der Waals surface area contributed by atoms with Gasteiger partial charge in [-0.3, -0.25) is 4.99 Å². The summed E-state index contributed by atoms with van der Waals surface area (Å²) < 4.78 is 18.8. The third kappa shape index (κ3) is 5.46. The van der Waals surface area contributed by atoms with E-state index in [1.807, 2.05) is 6.07 Å². The van der Waals surface area contributed by atoms with E-state index in [1.54, 1.807) is 14.2 Å². The molecule has 1 aromatic carbocycles. The summed E-state index contributed by atoms with van der Waals surface area (Å²) in [6, 6.07) is 4.77. The largest absolute Gasteiger partial charge is 0.383 e. The molecular weight excluding hydrogens is 301 g/mol. The minimum atomic E-state index is -0.261. The molecule has 4 nitrogen and oxygen atoms in total. The van der Waals surface area contributed by atoms with Crippen LogP contribution in [0.25, 0.3) is 0 Å². The number of guanidine groups is 1. The van der Waals surface area contributed by atoms with Crippen molar-refractivity contribution in [2.75, 3.05) is 27.3 Å². The van der Waals surface area contributed by atoms with E-state index in [9.17, 15) is 4.39 Å². The maximum Gasteiger partial charge on any atom is 0.191 e. The van der Waals surface area contributed by atoms with E-state index in [0.29, 0.717) is 25.7 Å². The molecule has 0 atom stereocenters. The van der Waals surface area contributed by atoms with Gasteiger partial charge in [0, 0.05) is 31.7 Å². The van der Waals surface area contributed by atoms with Crippen LogP contribution < -0.4 is 10.6 Å². The Morgan fingerprint density at radius 1 is 1.39 bits per heavy atom. The van der Waals surface area contributed by atoms with Gasteiger partial charge in [0.25, 0.3) is 0 Å². The predicted octanol–water partition coefficient (Wildman–Crippen LogP) is 1.90. The van der Waals surface area contributed by atoms with Crippen molar-refractivity contribution in [1.29, 1.82) is 0 Å². The summed E-state index contributed by atoms with van der Waals surface area (Å²) in [4.78, 5) is 4.05. The van der Waals surface area contributed by atoms with Crippen molar-refractivity contribution in [2.45, 2.75) is 6.54 Å².